The summed E-state index contributed by atoms with van der Waals surface area (Å²) < 4.78 is 5.60. The highest BCUT2D eigenvalue weighted by Crippen LogP contribution is 2.73. The fourth-order valence-corrected chi connectivity index (χ4v) is 17.1. The van der Waals surface area contributed by atoms with Crippen molar-refractivity contribution in [2.75, 3.05) is 13.2 Å². The molecule has 1 heterocycles. The number of rotatable bonds is 5. The molecule has 18 atom stereocenters. The van der Waals surface area contributed by atoms with E-state index in [1.807, 2.05) is 0 Å². The molecule has 63 heavy (non-hydrogen) atoms. The number of ether oxygens (including phenoxy) is 1. The van der Waals surface area contributed by atoms with Crippen LogP contribution in [0, 0.1) is 93.7 Å². The van der Waals surface area contributed by atoms with Gasteiger partial charge in [0.2, 0.25) is 0 Å². The van der Waals surface area contributed by atoms with E-state index >= 15 is 0 Å². The highest BCUT2D eigenvalue weighted by Gasteiger charge is 2.74. The SMILES string of the molecule is C[C@H]1CCC2=CC[C@@H]3[C@H](C[C@H]([C@@H]4COC(=O)C4)C#CC[C@H]4C[C@@]5(O)C6=CC(=O)[C@@H]7C[C@@H](O)[C@@H](O)C[C@]7(C7CCCCC7)[C@H]6CC[C@]5(CCN=C(N)N)[C@H]4[C@@](C)(O)[C@H](O)C[C@H]3C)[C@@H]2C1. The maximum atomic E-state index is 14.8. The molecule has 0 aromatic carbocycles. The first-order chi connectivity index (χ1) is 30.0. The predicted octanol–water partition coefficient (Wildman–Crippen LogP) is 5.73. The van der Waals surface area contributed by atoms with Crippen LogP contribution < -0.4 is 11.5 Å². The van der Waals surface area contributed by atoms with E-state index in [1.54, 1.807) is 18.6 Å². The number of ketones is 1. The zero-order chi connectivity index (χ0) is 44.6. The number of aliphatic hydroxyl groups is 5. The van der Waals surface area contributed by atoms with Gasteiger partial charge in [-0.3, -0.25) is 14.6 Å². The second-order valence-electron chi connectivity index (χ2n) is 23.0. The van der Waals surface area contributed by atoms with Crippen LogP contribution in [-0.2, 0) is 14.3 Å². The van der Waals surface area contributed by atoms with Crippen LogP contribution in [0.5, 0.6) is 0 Å². The van der Waals surface area contributed by atoms with E-state index in [2.05, 4.69) is 36.8 Å². The molecule has 5 saturated carbocycles. The first kappa shape index (κ1) is 45.4. The molecular weight excluding hydrogens is 795 g/mol. The van der Waals surface area contributed by atoms with Gasteiger partial charge in [0.05, 0.1) is 42.5 Å². The lowest BCUT2D eigenvalue weighted by molar-refractivity contribution is -0.196. The average molecular weight is 872 g/mol. The largest absolute Gasteiger partial charge is 0.465 e. The summed E-state index contributed by atoms with van der Waals surface area (Å²) in [6.45, 7) is 6.93. The summed E-state index contributed by atoms with van der Waals surface area (Å²) in [6, 6.07) is 0. The maximum Gasteiger partial charge on any atom is 0.306 e. The van der Waals surface area contributed by atoms with Crippen LogP contribution >= 0.6 is 0 Å². The van der Waals surface area contributed by atoms with Crippen molar-refractivity contribution in [3.63, 3.8) is 0 Å². The molecule has 0 aromatic heterocycles. The van der Waals surface area contributed by atoms with E-state index < -0.39 is 52.2 Å². The van der Waals surface area contributed by atoms with Gasteiger partial charge in [0.25, 0.3) is 0 Å². The van der Waals surface area contributed by atoms with Gasteiger partial charge >= 0.3 is 5.97 Å². The Bertz CT molecular complexity index is 1920. The zero-order valence-electron chi connectivity index (χ0n) is 38.2. The number of hydrogen-bond acceptors (Lipinski definition) is 9. The summed E-state index contributed by atoms with van der Waals surface area (Å²) in [4.78, 5) is 31.9. The second-order valence-corrected chi connectivity index (χ2v) is 23.0. The normalized spacial score (nSPS) is 48.9. The van der Waals surface area contributed by atoms with E-state index in [4.69, 9.17) is 16.2 Å². The smallest absolute Gasteiger partial charge is 0.306 e. The van der Waals surface area contributed by atoms with Crippen molar-refractivity contribution in [1.29, 1.82) is 0 Å². The molecule has 0 aromatic rings. The van der Waals surface area contributed by atoms with Crippen molar-refractivity contribution in [3.05, 3.63) is 23.3 Å². The van der Waals surface area contributed by atoms with Gasteiger partial charge in [-0.1, -0.05) is 50.7 Å². The van der Waals surface area contributed by atoms with Crippen molar-refractivity contribution in [2.24, 2.45) is 98.3 Å². The molecule has 0 bridgehead atoms. The molecule has 9 N–H and O–H groups in total. The second kappa shape index (κ2) is 17.2. The molecule has 9 rings (SSSR count). The quantitative estimate of drug-likeness (QED) is 0.0587. The number of aliphatic hydroxyl groups excluding tert-OH is 3. The van der Waals surface area contributed by atoms with Gasteiger partial charge in [0.1, 0.15) is 0 Å². The molecule has 348 valence electrons. The van der Waals surface area contributed by atoms with Gasteiger partial charge in [-0.15, -0.1) is 5.92 Å². The molecule has 0 radical (unpaired) electrons. The Hall–Kier alpha value is -2.75. The van der Waals surface area contributed by atoms with Gasteiger partial charge in [-0.2, -0.15) is 0 Å². The number of allylic oxidation sites excluding steroid dienone is 3. The Kier molecular flexibility index (Phi) is 12.4. The summed E-state index contributed by atoms with van der Waals surface area (Å²) in [7, 11) is 0. The van der Waals surface area contributed by atoms with Gasteiger partial charge in [0, 0.05) is 42.1 Å². The standard InChI is InChI=1S/C52H77N3O8/c1-29-12-13-31-14-15-36-30(2)21-45(59)49(3,61)47-33(9-7-8-32(22-38(36)37(31)20-29)34-23-46(60)63-28-34)26-52(62)40-24-42(56)41-25-43(57)44(58)27-51(41,35-10-5-4-6-11-35)39(40)16-17-50(47,52)18-19-55-48(53)54/h14,24,29-30,32-39,41,43-45,47,57-59,61-62H,4-6,9-13,15-23,25-28H2,1-3H3,(H4,53,54,55)/t29-,30+,32+,33-,34-,36-,37+,38-,39-,41-,43+,44-,45+,47+,49-,50-,51-,52+/m0/s1. The van der Waals surface area contributed by atoms with Crippen molar-refractivity contribution in [2.45, 2.75) is 172 Å². The number of guanidine groups is 1. The maximum absolute atomic E-state index is 14.8. The summed E-state index contributed by atoms with van der Waals surface area (Å²) in [6.07, 6.45) is 14.8. The summed E-state index contributed by atoms with van der Waals surface area (Å²) in [5.74, 6) is 7.20. The third kappa shape index (κ3) is 7.56. The average Bonchev–Trinajstić information content (AvgIpc) is 3.79. The minimum atomic E-state index is -1.66. The molecule has 0 unspecified atom stereocenters. The molecule has 1 aliphatic heterocycles. The molecule has 11 heteroatoms. The zero-order valence-corrected chi connectivity index (χ0v) is 38.2. The van der Waals surface area contributed by atoms with Crippen LogP contribution in [0.15, 0.2) is 28.3 Å². The molecule has 0 amide bonds. The molecule has 0 spiro atoms. The highest BCUT2D eigenvalue weighted by molar-refractivity contribution is 5.95. The molecule has 1 saturated heterocycles. The number of carbonyl (C=O) groups excluding carboxylic acids is 2. The van der Waals surface area contributed by atoms with E-state index in [1.165, 1.54) is 6.42 Å². The van der Waals surface area contributed by atoms with Crippen molar-refractivity contribution >= 4 is 17.7 Å². The fraction of sp³-hybridized carbons (Fsp3) is 0.827. The highest BCUT2D eigenvalue weighted by atomic mass is 16.5. The van der Waals surface area contributed by atoms with Crippen molar-refractivity contribution < 1.29 is 39.9 Å². The molecule has 11 nitrogen and oxygen atoms in total. The van der Waals surface area contributed by atoms with Gasteiger partial charge in [0.15, 0.2) is 11.7 Å². The molecular formula is C52H77N3O8. The first-order valence-electron chi connectivity index (χ1n) is 25.1. The third-order valence-electron chi connectivity index (χ3n) is 19.9. The van der Waals surface area contributed by atoms with Crippen LogP contribution in [0.1, 0.15) is 143 Å². The number of carbonyl (C=O) groups is 2. The summed E-state index contributed by atoms with van der Waals surface area (Å²) >= 11 is 0. The lowest BCUT2D eigenvalue weighted by Crippen LogP contribution is -2.66. The predicted molar refractivity (Wildman–Crippen MR) is 240 cm³/mol. The summed E-state index contributed by atoms with van der Waals surface area (Å²) in [5, 5.41) is 62.6. The molecule has 6 fully saturated rings. The van der Waals surface area contributed by atoms with Crippen molar-refractivity contribution in [1.82, 2.24) is 0 Å². The van der Waals surface area contributed by atoms with E-state index in [0.717, 1.165) is 57.8 Å². The molecule has 9 aliphatic rings. The van der Waals surface area contributed by atoms with E-state index in [0.29, 0.717) is 74.9 Å². The Morgan fingerprint density at radius 3 is 2.43 bits per heavy atom. The number of fused-ring (bicyclic) bond motifs is 10. The van der Waals surface area contributed by atoms with Crippen LogP contribution in [0.4, 0.5) is 0 Å². The van der Waals surface area contributed by atoms with Crippen LogP contribution in [-0.4, -0.2) is 85.9 Å². The van der Waals surface area contributed by atoms with Crippen LogP contribution in [0.3, 0.4) is 0 Å². The lowest BCUT2D eigenvalue weighted by atomic mass is 9.41. The lowest BCUT2D eigenvalue weighted by Gasteiger charge is -2.64. The number of esters is 1. The Morgan fingerprint density at radius 2 is 1.70 bits per heavy atom. The van der Waals surface area contributed by atoms with Gasteiger partial charge in [-0.05, 0) is 161 Å². The van der Waals surface area contributed by atoms with Crippen LogP contribution in [0.2, 0.25) is 0 Å². The number of nitrogens with zero attached hydrogens (tertiary/aromatic N) is 1. The Morgan fingerprint density at radius 1 is 0.921 bits per heavy atom. The monoisotopic (exact) mass is 872 g/mol. The number of aliphatic imine (C=N–C) groups is 1. The van der Waals surface area contributed by atoms with Gasteiger partial charge in [-0.25, -0.2) is 0 Å². The number of nitrogens with two attached hydrogens (primary N) is 2. The first-order valence-corrected chi connectivity index (χ1v) is 25.1. The van der Waals surface area contributed by atoms with E-state index in [-0.39, 0.29) is 78.5 Å². The van der Waals surface area contributed by atoms with E-state index in [9.17, 15) is 35.1 Å². The van der Waals surface area contributed by atoms with Crippen LogP contribution in [0.25, 0.3) is 0 Å². The Balaban J connectivity index is 1.16. The molecule has 8 aliphatic carbocycles. The minimum absolute atomic E-state index is 0.0142. The number of cyclic esters (lactones) is 1. The third-order valence-corrected chi connectivity index (χ3v) is 19.9. The van der Waals surface area contributed by atoms with Crippen molar-refractivity contribution in [3.8, 4) is 11.8 Å². The number of hydrogen-bond donors (Lipinski definition) is 7. The summed E-state index contributed by atoms with van der Waals surface area (Å²) in [5.41, 5.74) is 9.28. The minimum Gasteiger partial charge on any atom is -0.465 e. The topological polar surface area (TPSA) is 209 Å². The fourth-order valence-electron chi connectivity index (χ4n) is 17.1. The van der Waals surface area contributed by atoms with Gasteiger partial charge < -0.3 is 41.7 Å². The Labute approximate surface area is 375 Å².